The number of hydrogen-bond donors (Lipinski definition) is 1. The lowest BCUT2D eigenvalue weighted by molar-refractivity contribution is -0.123. The van der Waals surface area contributed by atoms with Crippen LogP contribution in [0.3, 0.4) is 0 Å². The minimum absolute atomic E-state index is 0.112. The van der Waals surface area contributed by atoms with E-state index in [9.17, 15) is 4.79 Å². The summed E-state index contributed by atoms with van der Waals surface area (Å²) in [6.45, 7) is 3.13. The molecule has 1 aliphatic heterocycles. The van der Waals surface area contributed by atoms with Crippen molar-refractivity contribution in [3.05, 3.63) is 0 Å². The van der Waals surface area contributed by atoms with Crippen molar-refractivity contribution in [2.75, 3.05) is 13.6 Å². The molecule has 0 aromatic rings. The third-order valence-electron chi connectivity index (χ3n) is 2.61. The van der Waals surface area contributed by atoms with Crippen molar-refractivity contribution in [2.24, 2.45) is 11.7 Å². The molecule has 0 unspecified atom stereocenters. The molecule has 1 rings (SSSR count). The molecule has 1 heterocycles. The van der Waals surface area contributed by atoms with Gasteiger partial charge in [0.15, 0.2) is 0 Å². The van der Waals surface area contributed by atoms with Crippen LogP contribution in [0.2, 0.25) is 0 Å². The van der Waals surface area contributed by atoms with Crippen LogP contribution in [0.25, 0.3) is 0 Å². The second-order valence-electron chi connectivity index (χ2n) is 3.45. The Balaban J connectivity index is 2.46. The van der Waals surface area contributed by atoms with Gasteiger partial charge in [0.25, 0.3) is 0 Å². The summed E-state index contributed by atoms with van der Waals surface area (Å²) >= 11 is 0. The van der Waals surface area contributed by atoms with E-state index in [1.54, 1.807) is 0 Å². The summed E-state index contributed by atoms with van der Waals surface area (Å²) in [6.07, 6.45) is 1.85. The minimum atomic E-state index is -0.134. The lowest BCUT2D eigenvalue weighted by Crippen LogP contribution is -2.41. The Kier molecular flexibility index (Phi) is 2.49. The second-order valence-corrected chi connectivity index (χ2v) is 3.45. The molecule has 11 heavy (non-hydrogen) atoms. The van der Waals surface area contributed by atoms with Gasteiger partial charge < -0.3 is 10.6 Å². The monoisotopic (exact) mass is 156 g/mol. The van der Waals surface area contributed by atoms with Crippen LogP contribution < -0.4 is 5.73 Å². The number of nitrogens with two attached hydrogens (primary N) is 1. The predicted molar refractivity (Wildman–Crippen MR) is 44.0 cm³/mol. The Morgan fingerprint density at radius 3 is 2.73 bits per heavy atom. The number of nitrogens with zero attached hydrogens (tertiary/aromatic N) is 1. The molecule has 0 aromatic heterocycles. The van der Waals surface area contributed by atoms with E-state index in [1.165, 1.54) is 0 Å². The van der Waals surface area contributed by atoms with Crippen LogP contribution in [0.4, 0.5) is 0 Å². The zero-order chi connectivity index (χ0) is 8.43. The standard InChI is InChI=1S/C8H16N2O/c1-6-5-7(8(9)11)3-4-10(6)2/h6-7H,3-5H2,1-2H3,(H2,9,11)/t6-,7-/m1/s1. The first-order chi connectivity index (χ1) is 5.11. The van der Waals surface area contributed by atoms with Gasteiger partial charge in [0.2, 0.25) is 5.91 Å². The van der Waals surface area contributed by atoms with Gasteiger partial charge in [-0.1, -0.05) is 0 Å². The van der Waals surface area contributed by atoms with E-state index in [4.69, 9.17) is 5.73 Å². The molecule has 3 heteroatoms. The van der Waals surface area contributed by atoms with E-state index in [1.807, 2.05) is 0 Å². The fourth-order valence-corrected chi connectivity index (χ4v) is 1.55. The number of piperidine rings is 1. The summed E-state index contributed by atoms with van der Waals surface area (Å²) in [7, 11) is 2.09. The molecule has 2 N–H and O–H groups in total. The molecule has 0 aliphatic carbocycles. The van der Waals surface area contributed by atoms with Crippen molar-refractivity contribution in [1.82, 2.24) is 4.90 Å². The Morgan fingerprint density at radius 1 is 1.64 bits per heavy atom. The maximum atomic E-state index is 10.8. The SMILES string of the molecule is C[C@@H]1C[C@H](C(N)=O)CCN1C. The van der Waals surface area contributed by atoms with Crippen molar-refractivity contribution < 1.29 is 4.79 Å². The number of hydrogen-bond acceptors (Lipinski definition) is 2. The van der Waals surface area contributed by atoms with Crippen LogP contribution in [0.1, 0.15) is 19.8 Å². The van der Waals surface area contributed by atoms with Gasteiger partial charge in [-0.05, 0) is 33.4 Å². The quantitative estimate of drug-likeness (QED) is 0.589. The number of primary amides is 1. The van der Waals surface area contributed by atoms with Crippen molar-refractivity contribution in [3.63, 3.8) is 0 Å². The predicted octanol–water partition coefficient (Wildman–Crippen LogP) is 0.202. The van der Waals surface area contributed by atoms with Crippen LogP contribution in [0.15, 0.2) is 0 Å². The normalized spacial score (nSPS) is 33.6. The van der Waals surface area contributed by atoms with E-state index < -0.39 is 0 Å². The topological polar surface area (TPSA) is 46.3 Å². The van der Waals surface area contributed by atoms with E-state index in [2.05, 4.69) is 18.9 Å². The summed E-state index contributed by atoms with van der Waals surface area (Å²) in [4.78, 5) is 13.1. The van der Waals surface area contributed by atoms with Crippen LogP contribution in [0, 0.1) is 5.92 Å². The third kappa shape index (κ3) is 1.93. The third-order valence-corrected chi connectivity index (χ3v) is 2.61. The molecule has 1 aliphatic rings. The first-order valence-corrected chi connectivity index (χ1v) is 4.11. The summed E-state index contributed by atoms with van der Waals surface area (Å²) < 4.78 is 0. The van der Waals surface area contributed by atoms with Gasteiger partial charge >= 0.3 is 0 Å². The highest BCUT2D eigenvalue weighted by atomic mass is 16.1. The molecule has 0 saturated carbocycles. The van der Waals surface area contributed by atoms with E-state index in [0.717, 1.165) is 19.4 Å². The van der Waals surface area contributed by atoms with Gasteiger partial charge in [0, 0.05) is 12.0 Å². The largest absolute Gasteiger partial charge is 0.369 e. The summed E-state index contributed by atoms with van der Waals surface area (Å²) in [5.74, 6) is -0.0221. The van der Waals surface area contributed by atoms with E-state index in [-0.39, 0.29) is 11.8 Å². The Hall–Kier alpha value is -0.570. The zero-order valence-electron chi connectivity index (χ0n) is 7.21. The lowest BCUT2D eigenvalue weighted by Gasteiger charge is -2.33. The Labute approximate surface area is 67.5 Å². The number of amides is 1. The molecule has 3 nitrogen and oxygen atoms in total. The maximum Gasteiger partial charge on any atom is 0.220 e. The molecule has 1 amide bonds. The van der Waals surface area contributed by atoms with Crippen LogP contribution in [0.5, 0.6) is 0 Å². The first kappa shape index (κ1) is 8.53. The average molecular weight is 156 g/mol. The van der Waals surface area contributed by atoms with Crippen molar-refractivity contribution >= 4 is 5.91 Å². The highest BCUT2D eigenvalue weighted by molar-refractivity contribution is 5.76. The van der Waals surface area contributed by atoms with Gasteiger partial charge in [-0.3, -0.25) is 4.79 Å². The van der Waals surface area contributed by atoms with Gasteiger partial charge in [-0.25, -0.2) is 0 Å². The Bertz CT molecular complexity index is 158. The van der Waals surface area contributed by atoms with E-state index in [0.29, 0.717) is 6.04 Å². The van der Waals surface area contributed by atoms with E-state index >= 15 is 0 Å². The number of carbonyl (C=O) groups is 1. The van der Waals surface area contributed by atoms with Gasteiger partial charge in [-0.15, -0.1) is 0 Å². The van der Waals surface area contributed by atoms with Crippen molar-refractivity contribution in [3.8, 4) is 0 Å². The average Bonchev–Trinajstić information content (AvgIpc) is 1.94. The van der Waals surface area contributed by atoms with Gasteiger partial charge in [-0.2, -0.15) is 0 Å². The molecule has 0 bridgehead atoms. The number of likely N-dealkylation sites (tertiary alicyclic amines) is 1. The fourth-order valence-electron chi connectivity index (χ4n) is 1.55. The summed E-state index contributed by atoms with van der Waals surface area (Å²) in [5.41, 5.74) is 5.22. The Morgan fingerprint density at radius 2 is 2.27 bits per heavy atom. The maximum absolute atomic E-state index is 10.8. The molecule has 2 atom stereocenters. The van der Waals surface area contributed by atoms with Crippen molar-refractivity contribution in [2.45, 2.75) is 25.8 Å². The minimum Gasteiger partial charge on any atom is -0.369 e. The number of carbonyl (C=O) groups excluding carboxylic acids is 1. The highest BCUT2D eigenvalue weighted by Gasteiger charge is 2.25. The van der Waals surface area contributed by atoms with Gasteiger partial charge in [0.05, 0.1) is 0 Å². The summed E-state index contributed by atoms with van der Waals surface area (Å²) in [5, 5.41) is 0. The molecule has 64 valence electrons. The van der Waals surface area contributed by atoms with Crippen molar-refractivity contribution in [1.29, 1.82) is 0 Å². The van der Waals surface area contributed by atoms with Crippen LogP contribution >= 0.6 is 0 Å². The lowest BCUT2D eigenvalue weighted by atomic mass is 9.92. The van der Waals surface area contributed by atoms with Gasteiger partial charge in [0.1, 0.15) is 0 Å². The molecule has 0 radical (unpaired) electrons. The number of rotatable bonds is 1. The molecule has 0 spiro atoms. The smallest absolute Gasteiger partial charge is 0.220 e. The second kappa shape index (κ2) is 3.22. The first-order valence-electron chi connectivity index (χ1n) is 4.11. The molecular formula is C8H16N2O. The zero-order valence-corrected chi connectivity index (χ0v) is 7.21. The fraction of sp³-hybridized carbons (Fsp3) is 0.875. The summed E-state index contributed by atoms with van der Waals surface area (Å²) in [6, 6.07) is 0.501. The molecule has 1 saturated heterocycles. The highest BCUT2D eigenvalue weighted by Crippen LogP contribution is 2.20. The molecule has 1 fully saturated rings. The van der Waals surface area contributed by atoms with Crippen LogP contribution in [-0.4, -0.2) is 30.4 Å². The molecule has 0 aromatic carbocycles. The van der Waals surface area contributed by atoms with Crippen LogP contribution in [-0.2, 0) is 4.79 Å². The molecular weight excluding hydrogens is 140 g/mol.